The fourth-order valence-electron chi connectivity index (χ4n) is 0.882. The summed E-state index contributed by atoms with van der Waals surface area (Å²) in [7, 11) is -0.455. The Bertz CT molecular complexity index is 252. The highest BCUT2D eigenvalue weighted by atomic mass is 79.9. The molecule has 1 aromatic heterocycles. The molecule has 0 saturated heterocycles. The maximum absolute atomic E-state index is 5.50. The third-order valence-electron chi connectivity index (χ3n) is 1.73. The monoisotopic (exact) mass is 262 g/mol. The molecule has 0 amide bonds. The normalized spacial score (nSPS) is 11.1. The first-order valence-electron chi connectivity index (χ1n) is 4.43. The van der Waals surface area contributed by atoms with Crippen LogP contribution in [-0.2, 0) is 11.5 Å². The standard InChI is InChI=1S/C8H15BrN2OSi/c1-13(2)4-3-12-7-11-6-10-5-8(11)9/h5-6,13H,3-4,7H2,1-2H3. The Balaban J connectivity index is 2.17. The van der Waals surface area contributed by atoms with Crippen molar-refractivity contribution in [2.45, 2.75) is 25.9 Å². The molecule has 1 heterocycles. The Kier molecular flexibility index (Phi) is 4.69. The zero-order valence-corrected chi connectivity index (χ0v) is 10.8. The number of ether oxygens (including phenoxy) is 1. The van der Waals surface area contributed by atoms with Gasteiger partial charge in [0.05, 0.1) is 12.5 Å². The van der Waals surface area contributed by atoms with E-state index < -0.39 is 8.80 Å². The average molecular weight is 263 g/mol. The van der Waals surface area contributed by atoms with Gasteiger partial charge in [0.1, 0.15) is 11.3 Å². The lowest BCUT2D eigenvalue weighted by Crippen LogP contribution is -2.08. The van der Waals surface area contributed by atoms with Crippen LogP contribution in [0.5, 0.6) is 0 Å². The van der Waals surface area contributed by atoms with Crippen molar-refractivity contribution in [3.8, 4) is 0 Å². The van der Waals surface area contributed by atoms with Gasteiger partial charge in [0.25, 0.3) is 0 Å². The quantitative estimate of drug-likeness (QED) is 0.601. The van der Waals surface area contributed by atoms with Gasteiger partial charge in [-0.25, -0.2) is 4.98 Å². The molecule has 5 heteroatoms. The predicted molar refractivity (Wildman–Crippen MR) is 59.6 cm³/mol. The third kappa shape index (κ3) is 4.06. The van der Waals surface area contributed by atoms with Crippen LogP contribution in [0.25, 0.3) is 0 Å². The molecule has 0 aliphatic carbocycles. The van der Waals surface area contributed by atoms with Crippen molar-refractivity contribution in [2.24, 2.45) is 0 Å². The summed E-state index contributed by atoms with van der Waals surface area (Å²) >= 11 is 3.38. The Morgan fingerprint density at radius 1 is 1.62 bits per heavy atom. The molecule has 74 valence electrons. The van der Waals surface area contributed by atoms with E-state index in [2.05, 4.69) is 34.0 Å². The van der Waals surface area contributed by atoms with E-state index in [1.807, 2.05) is 4.57 Å². The highest BCUT2D eigenvalue weighted by molar-refractivity contribution is 9.10. The van der Waals surface area contributed by atoms with Crippen molar-refractivity contribution in [1.29, 1.82) is 0 Å². The smallest absolute Gasteiger partial charge is 0.124 e. The van der Waals surface area contributed by atoms with Gasteiger partial charge in [-0.1, -0.05) is 13.1 Å². The molecule has 0 fully saturated rings. The van der Waals surface area contributed by atoms with Gasteiger partial charge in [-0.2, -0.15) is 0 Å². The largest absolute Gasteiger partial charge is 0.361 e. The fourth-order valence-corrected chi connectivity index (χ4v) is 1.83. The van der Waals surface area contributed by atoms with Crippen LogP contribution in [0, 0.1) is 0 Å². The van der Waals surface area contributed by atoms with Crippen LogP contribution in [0.3, 0.4) is 0 Å². The van der Waals surface area contributed by atoms with E-state index in [1.54, 1.807) is 12.5 Å². The van der Waals surface area contributed by atoms with E-state index in [4.69, 9.17) is 4.74 Å². The third-order valence-corrected chi connectivity index (χ3v) is 3.78. The predicted octanol–water partition coefficient (Wildman–Crippen LogP) is 2.11. The van der Waals surface area contributed by atoms with Gasteiger partial charge in [-0.3, -0.25) is 0 Å². The Hall–Kier alpha value is -0.133. The van der Waals surface area contributed by atoms with E-state index >= 15 is 0 Å². The number of nitrogens with zero attached hydrogens (tertiary/aromatic N) is 2. The summed E-state index contributed by atoms with van der Waals surface area (Å²) in [4.78, 5) is 3.98. The Morgan fingerprint density at radius 2 is 2.38 bits per heavy atom. The second-order valence-corrected chi connectivity index (χ2v) is 7.58. The second-order valence-electron chi connectivity index (χ2n) is 3.41. The number of rotatable bonds is 5. The van der Waals surface area contributed by atoms with Crippen LogP contribution in [-0.4, -0.2) is 25.0 Å². The van der Waals surface area contributed by atoms with Crippen molar-refractivity contribution >= 4 is 24.7 Å². The molecule has 0 aromatic carbocycles. The van der Waals surface area contributed by atoms with Gasteiger partial charge in [0, 0.05) is 15.4 Å². The van der Waals surface area contributed by atoms with Crippen LogP contribution in [0.4, 0.5) is 0 Å². The zero-order valence-electron chi connectivity index (χ0n) is 8.03. The minimum Gasteiger partial charge on any atom is -0.361 e. The second kappa shape index (κ2) is 5.57. The first-order valence-corrected chi connectivity index (χ1v) is 8.35. The first-order chi connectivity index (χ1) is 6.20. The number of halogens is 1. The molecule has 0 spiro atoms. The van der Waals surface area contributed by atoms with Crippen molar-refractivity contribution in [1.82, 2.24) is 9.55 Å². The molecular weight excluding hydrogens is 248 g/mol. The summed E-state index contributed by atoms with van der Waals surface area (Å²) in [5.41, 5.74) is 0. The molecule has 0 N–H and O–H groups in total. The van der Waals surface area contributed by atoms with Crippen LogP contribution in [0.1, 0.15) is 0 Å². The van der Waals surface area contributed by atoms with E-state index in [9.17, 15) is 0 Å². The number of imidazole rings is 1. The van der Waals surface area contributed by atoms with Crippen molar-refractivity contribution in [3.63, 3.8) is 0 Å². The Labute approximate surface area is 88.9 Å². The maximum atomic E-state index is 5.50. The maximum Gasteiger partial charge on any atom is 0.124 e. The molecule has 0 aliphatic heterocycles. The minimum atomic E-state index is -0.455. The van der Waals surface area contributed by atoms with Crippen molar-refractivity contribution < 1.29 is 4.74 Å². The minimum absolute atomic E-state index is 0.455. The molecule has 0 atom stereocenters. The zero-order chi connectivity index (χ0) is 9.68. The first kappa shape index (κ1) is 10.9. The van der Waals surface area contributed by atoms with E-state index in [-0.39, 0.29) is 0 Å². The molecular formula is C8H15BrN2OSi. The molecule has 13 heavy (non-hydrogen) atoms. The fraction of sp³-hybridized carbons (Fsp3) is 0.625. The van der Waals surface area contributed by atoms with E-state index in [0.29, 0.717) is 6.73 Å². The summed E-state index contributed by atoms with van der Waals surface area (Å²) in [6, 6.07) is 1.24. The Morgan fingerprint density at radius 3 is 2.92 bits per heavy atom. The topological polar surface area (TPSA) is 27.1 Å². The molecule has 1 rings (SSSR count). The SMILES string of the molecule is C[SiH](C)CCOCn1cncc1Br. The molecule has 0 radical (unpaired) electrons. The van der Waals surface area contributed by atoms with Crippen LogP contribution < -0.4 is 0 Å². The summed E-state index contributed by atoms with van der Waals surface area (Å²) < 4.78 is 8.40. The van der Waals surface area contributed by atoms with Gasteiger partial charge >= 0.3 is 0 Å². The molecule has 0 saturated carbocycles. The number of hydrogen-bond donors (Lipinski definition) is 0. The lowest BCUT2D eigenvalue weighted by atomic mass is 10.8. The lowest BCUT2D eigenvalue weighted by Gasteiger charge is -2.06. The highest BCUT2D eigenvalue weighted by Crippen LogP contribution is 2.07. The molecule has 0 unspecified atom stereocenters. The van der Waals surface area contributed by atoms with Gasteiger partial charge in [0.15, 0.2) is 0 Å². The lowest BCUT2D eigenvalue weighted by molar-refractivity contribution is 0.0861. The molecule has 1 aromatic rings. The number of hydrogen-bond acceptors (Lipinski definition) is 2. The van der Waals surface area contributed by atoms with Crippen LogP contribution in [0.2, 0.25) is 19.1 Å². The summed E-state index contributed by atoms with van der Waals surface area (Å²) in [5.74, 6) is 0. The van der Waals surface area contributed by atoms with Gasteiger partial charge in [0.2, 0.25) is 0 Å². The van der Waals surface area contributed by atoms with Crippen LogP contribution >= 0.6 is 15.9 Å². The van der Waals surface area contributed by atoms with Crippen LogP contribution in [0.15, 0.2) is 17.1 Å². The van der Waals surface area contributed by atoms with Gasteiger partial charge in [-0.15, -0.1) is 0 Å². The summed E-state index contributed by atoms with van der Waals surface area (Å²) in [6.07, 6.45) is 3.53. The average Bonchev–Trinajstić information content (AvgIpc) is 2.45. The molecule has 0 bridgehead atoms. The summed E-state index contributed by atoms with van der Waals surface area (Å²) in [6.45, 7) is 6.13. The molecule has 0 aliphatic rings. The van der Waals surface area contributed by atoms with E-state index in [1.165, 1.54) is 6.04 Å². The van der Waals surface area contributed by atoms with E-state index in [0.717, 1.165) is 11.2 Å². The van der Waals surface area contributed by atoms with Crippen molar-refractivity contribution in [3.05, 3.63) is 17.1 Å². The van der Waals surface area contributed by atoms with Gasteiger partial charge in [-0.05, 0) is 22.0 Å². The van der Waals surface area contributed by atoms with Crippen molar-refractivity contribution in [2.75, 3.05) is 6.61 Å². The molecule has 3 nitrogen and oxygen atoms in total. The highest BCUT2D eigenvalue weighted by Gasteiger charge is 1.98. The number of aromatic nitrogens is 2. The summed E-state index contributed by atoms with van der Waals surface area (Å²) in [5, 5.41) is 0. The van der Waals surface area contributed by atoms with Gasteiger partial charge < -0.3 is 9.30 Å².